The standard InChI is InChI=1S/C29H33ClN2O3/c1-3-22(2)28(31-27(33)21-35-26-16-14-25(30)15-17-26)29(34)32(20-24-12-8-5-9-13-24)19-18-23-10-6-4-7-11-23/h4-17,22,28H,3,18-21H2,1-2H3,(H,31,33). The second-order valence-corrected chi connectivity index (χ2v) is 9.09. The highest BCUT2D eigenvalue weighted by atomic mass is 35.5. The van der Waals surface area contributed by atoms with Gasteiger partial charge in [0.2, 0.25) is 5.91 Å². The van der Waals surface area contributed by atoms with Crippen molar-refractivity contribution in [2.75, 3.05) is 13.2 Å². The summed E-state index contributed by atoms with van der Waals surface area (Å²) in [6, 6.07) is 26.2. The molecular formula is C29H33ClN2O3. The van der Waals surface area contributed by atoms with Crippen LogP contribution in [0.2, 0.25) is 5.02 Å². The second kappa shape index (κ2) is 13.5. The summed E-state index contributed by atoms with van der Waals surface area (Å²) in [5.41, 5.74) is 2.22. The molecule has 3 aromatic rings. The predicted octanol–water partition coefficient (Wildman–Crippen LogP) is 5.52. The summed E-state index contributed by atoms with van der Waals surface area (Å²) in [7, 11) is 0. The lowest BCUT2D eigenvalue weighted by Gasteiger charge is -2.31. The van der Waals surface area contributed by atoms with Gasteiger partial charge in [-0.25, -0.2) is 0 Å². The first-order chi connectivity index (χ1) is 17.0. The molecule has 0 aliphatic heterocycles. The number of hydrogen-bond donors (Lipinski definition) is 1. The van der Waals surface area contributed by atoms with E-state index in [4.69, 9.17) is 16.3 Å². The minimum absolute atomic E-state index is 0.0306. The Morgan fingerprint density at radius 3 is 2.11 bits per heavy atom. The van der Waals surface area contributed by atoms with Crippen molar-refractivity contribution in [3.8, 4) is 5.75 Å². The highest BCUT2D eigenvalue weighted by Crippen LogP contribution is 2.17. The van der Waals surface area contributed by atoms with Crippen LogP contribution in [0.4, 0.5) is 0 Å². The van der Waals surface area contributed by atoms with Crippen molar-refractivity contribution in [1.82, 2.24) is 10.2 Å². The number of halogens is 1. The molecule has 3 rings (SSSR count). The van der Waals surface area contributed by atoms with Gasteiger partial charge < -0.3 is 15.0 Å². The zero-order valence-electron chi connectivity index (χ0n) is 20.3. The van der Waals surface area contributed by atoms with E-state index in [0.717, 1.165) is 18.4 Å². The monoisotopic (exact) mass is 492 g/mol. The molecule has 0 aliphatic carbocycles. The van der Waals surface area contributed by atoms with Gasteiger partial charge in [0, 0.05) is 18.1 Å². The fraction of sp³-hybridized carbons (Fsp3) is 0.310. The Kier molecular flexibility index (Phi) is 10.2. The summed E-state index contributed by atoms with van der Waals surface area (Å²) in [6.07, 6.45) is 1.49. The lowest BCUT2D eigenvalue weighted by Crippen LogP contribution is -2.52. The van der Waals surface area contributed by atoms with Crippen LogP contribution in [0.5, 0.6) is 5.75 Å². The van der Waals surface area contributed by atoms with Crippen LogP contribution in [-0.2, 0) is 22.6 Å². The van der Waals surface area contributed by atoms with E-state index in [9.17, 15) is 9.59 Å². The van der Waals surface area contributed by atoms with Crippen molar-refractivity contribution >= 4 is 23.4 Å². The van der Waals surface area contributed by atoms with E-state index in [1.54, 1.807) is 24.3 Å². The quantitative estimate of drug-likeness (QED) is 0.362. The highest BCUT2D eigenvalue weighted by molar-refractivity contribution is 6.30. The second-order valence-electron chi connectivity index (χ2n) is 8.65. The topological polar surface area (TPSA) is 58.6 Å². The Morgan fingerprint density at radius 1 is 0.914 bits per heavy atom. The fourth-order valence-corrected chi connectivity index (χ4v) is 3.88. The Hall–Kier alpha value is -3.31. The third-order valence-electron chi connectivity index (χ3n) is 6.02. The first kappa shape index (κ1) is 26.3. The Morgan fingerprint density at radius 2 is 1.51 bits per heavy atom. The Labute approximate surface area is 213 Å². The Balaban J connectivity index is 1.71. The number of nitrogens with zero attached hydrogens (tertiary/aromatic N) is 1. The summed E-state index contributed by atoms with van der Waals surface area (Å²) in [4.78, 5) is 28.4. The molecule has 0 radical (unpaired) electrons. The van der Waals surface area contributed by atoms with Crippen molar-refractivity contribution in [3.05, 3.63) is 101 Å². The molecule has 0 aromatic heterocycles. The maximum absolute atomic E-state index is 13.8. The molecule has 3 aromatic carbocycles. The van der Waals surface area contributed by atoms with Gasteiger partial charge in [-0.1, -0.05) is 92.5 Å². The van der Waals surface area contributed by atoms with Crippen LogP contribution >= 0.6 is 11.6 Å². The van der Waals surface area contributed by atoms with E-state index in [1.165, 1.54) is 5.56 Å². The van der Waals surface area contributed by atoms with Crippen molar-refractivity contribution in [2.45, 2.75) is 39.3 Å². The van der Waals surface area contributed by atoms with Crippen molar-refractivity contribution in [3.63, 3.8) is 0 Å². The molecule has 0 aliphatic rings. The summed E-state index contributed by atoms with van der Waals surface area (Å²) in [6.45, 7) is 4.87. The van der Waals surface area contributed by atoms with E-state index in [2.05, 4.69) is 17.4 Å². The van der Waals surface area contributed by atoms with Gasteiger partial charge in [-0.05, 0) is 47.7 Å². The highest BCUT2D eigenvalue weighted by Gasteiger charge is 2.30. The molecule has 2 amide bonds. The lowest BCUT2D eigenvalue weighted by molar-refractivity contribution is -0.138. The summed E-state index contributed by atoms with van der Waals surface area (Å²) >= 11 is 5.90. The van der Waals surface area contributed by atoms with Gasteiger partial charge in [0.15, 0.2) is 6.61 Å². The van der Waals surface area contributed by atoms with E-state index >= 15 is 0 Å². The van der Waals surface area contributed by atoms with Crippen LogP contribution in [0.3, 0.4) is 0 Å². The number of rotatable bonds is 12. The summed E-state index contributed by atoms with van der Waals surface area (Å²) in [5.74, 6) is 0.0989. The third kappa shape index (κ3) is 8.45. The minimum Gasteiger partial charge on any atom is -0.484 e. The van der Waals surface area contributed by atoms with E-state index in [0.29, 0.717) is 23.9 Å². The van der Waals surface area contributed by atoms with Crippen LogP contribution in [-0.4, -0.2) is 35.9 Å². The zero-order valence-corrected chi connectivity index (χ0v) is 21.1. The average molecular weight is 493 g/mol. The SMILES string of the molecule is CCC(C)C(NC(=O)COc1ccc(Cl)cc1)C(=O)N(CCc1ccccc1)Cc1ccccc1. The number of carbonyl (C=O) groups excluding carboxylic acids is 2. The zero-order chi connectivity index (χ0) is 25.0. The molecule has 0 bridgehead atoms. The molecule has 6 heteroatoms. The number of benzene rings is 3. The van der Waals surface area contributed by atoms with E-state index < -0.39 is 6.04 Å². The molecule has 0 saturated heterocycles. The number of carbonyl (C=O) groups is 2. The molecular weight excluding hydrogens is 460 g/mol. The Bertz CT molecular complexity index is 1060. The molecule has 184 valence electrons. The molecule has 0 fully saturated rings. The van der Waals surface area contributed by atoms with Crippen LogP contribution in [0.1, 0.15) is 31.4 Å². The van der Waals surface area contributed by atoms with Gasteiger partial charge in [-0.2, -0.15) is 0 Å². The van der Waals surface area contributed by atoms with E-state index in [1.807, 2.05) is 67.3 Å². The van der Waals surface area contributed by atoms with Gasteiger partial charge in [-0.3, -0.25) is 9.59 Å². The molecule has 5 nitrogen and oxygen atoms in total. The number of amides is 2. The molecule has 1 N–H and O–H groups in total. The van der Waals surface area contributed by atoms with Crippen LogP contribution in [0.25, 0.3) is 0 Å². The third-order valence-corrected chi connectivity index (χ3v) is 6.27. The molecule has 2 unspecified atom stereocenters. The van der Waals surface area contributed by atoms with Crippen molar-refractivity contribution < 1.29 is 14.3 Å². The average Bonchev–Trinajstić information content (AvgIpc) is 2.89. The molecule has 0 heterocycles. The maximum Gasteiger partial charge on any atom is 0.258 e. The minimum atomic E-state index is -0.638. The van der Waals surface area contributed by atoms with Gasteiger partial charge in [0.25, 0.3) is 5.91 Å². The summed E-state index contributed by atoms with van der Waals surface area (Å²) in [5, 5.41) is 3.53. The van der Waals surface area contributed by atoms with Crippen LogP contribution in [0.15, 0.2) is 84.9 Å². The first-order valence-electron chi connectivity index (χ1n) is 12.0. The normalized spacial score (nSPS) is 12.4. The van der Waals surface area contributed by atoms with Gasteiger partial charge in [0.1, 0.15) is 11.8 Å². The predicted molar refractivity (Wildman–Crippen MR) is 140 cm³/mol. The number of ether oxygens (including phenoxy) is 1. The van der Waals surface area contributed by atoms with Gasteiger partial charge in [-0.15, -0.1) is 0 Å². The summed E-state index contributed by atoms with van der Waals surface area (Å²) < 4.78 is 5.58. The van der Waals surface area contributed by atoms with Crippen molar-refractivity contribution in [1.29, 1.82) is 0 Å². The van der Waals surface area contributed by atoms with E-state index in [-0.39, 0.29) is 24.3 Å². The lowest BCUT2D eigenvalue weighted by atomic mass is 9.97. The van der Waals surface area contributed by atoms with Crippen LogP contribution in [0, 0.1) is 5.92 Å². The molecule has 2 atom stereocenters. The first-order valence-corrected chi connectivity index (χ1v) is 12.4. The smallest absolute Gasteiger partial charge is 0.258 e. The van der Waals surface area contributed by atoms with Gasteiger partial charge in [0.05, 0.1) is 0 Å². The maximum atomic E-state index is 13.8. The largest absolute Gasteiger partial charge is 0.484 e. The molecule has 0 spiro atoms. The number of nitrogens with one attached hydrogen (secondary N) is 1. The number of hydrogen-bond acceptors (Lipinski definition) is 3. The molecule has 0 saturated carbocycles. The molecule has 35 heavy (non-hydrogen) atoms. The van der Waals surface area contributed by atoms with Crippen LogP contribution < -0.4 is 10.1 Å². The van der Waals surface area contributed by atoms with Gasteiger partial charge >= 0.3 is 0 Å². The van der Waals surface area contributed by atoms with Crippen molar-refractivity contribution in [2.24, 2.45) is 5.92 Å². The fourth-order valence-electron chi connectivity index (χ4n) is 3.75.